The van der Waals surface area contributed by atoms with E-state index in [0.717, 1.165) is 28.2 Å². The highest BCUT2D eigenvalue weighted by atomic mass is 14.8. The molecule has 0 bridgehead atoms. The van der Waals surface area contributed by atoms with Crippen molar-refractivity contribution in [1.29, 1.82) is 0 Å². The van der Waals surface area contributed by atoms with Crippen LogP contribution in [0.25, 0.3) is 17.5 Å². The van der Waals surface area contributed by atoms with E-state index in [2.05, 4.69) is 22.6 Å². The lowest BCUT2D eigenvalue weighted by Gasteiger charge is -2.07. The molecule has 0 atom stereocenters. The maximum atomic E-state index is 4.54. The molecule has 2 rings (SSSR count). The highest BCUT2D eigenvalue weighted by molar-refractivity contribution is 5.70. The molecule has 2 aromatic rings. The zero-order valence-corrected chi connectivity index (χ0v) is 9.57. The van der Waals surface area contributed by atoms with E-state index in [1.807, 2.05) is 38.1 Å². The van der Waals surface area contributed by atoms with Gasteiger partial charge >= 0.3 is 0 Å². The summed E-state index contributed by atoms with van der Waals surface area (Å²) in [4.78, 5) is 8.93. The third-order valence-electron chi connectivity index (χ3n) is 2.52. The summed E-state index contributed by atoms with van der Waals surface area (Å²) in [6.07, 6.45) is 3.59. The van der Waals surface area contributed by atoms with Crippen LogP contribution in [0.1, 0.15) is 16.8 Å². The Labute approximate surface area is 95.7 Å². The minimum absolute atomic E-state index is 0.902. The first-order chi connectivity index (χ1) is 7.72. The average Bonchev–Trinajstić information content (AvgIpc) is 2.32. The van der Waals surface area contributed by atoms with Crippen LogP contribution in [-0.4, -0.2) is 9.97 Å². The van der Waals surface area contributed by atoms with Gasteiger partial charge in [-0.3, -0.25) is 9.97 Å². The van der Waals surface area contributed by atoms with Gasteiger partial charge in [-0.1, -0.05) is 24.8 Å². The van der Waals surface area contributed by atoms with E-state index in [4.69, 9.17) is 0 Å². The van der Waals surface area contributed by atoms with Gasteiger partial charge in [-0.15, -0.1) is 0 Å². The number of hydrogen-bond donors (Lipinski definition) is 0. The van der Waals surface area contributed by atoms with Crippen LogP contribution >= 0.6 is 0 Å². The monoisotopic (exact) mass is 210 g/mol. The van der Waals surface area contributed by atoms with Crippen LogP contribution in [0.5, 0.6) is 0 Å². The number of nitrogens with zero attached hydrogens (tertiary/aromatic N) is 2. The van der Waals surface area contributed by atoms with Gasteiger partial charge in [0.15, 0.2) is 0 Å². The lowest BCUT2D eigenvalue weighted by Crippen LogP contribution is -1.95. The highest BCUT2D eigenvalue weighted by Gasteiger charge is 2.08. The fraction of sp³-hybridized carbons (Fsp3) is 0.143. The Morgan fingerprint density at radius 1 is 1.12 bits per heavy atom. The van der Waals surface area contributed by atoms with Crippen LogP contribution < -0.4 is 0 Å². The Hall–Kier alpha value is -1.96. The summed E-state index contributed by atoms with van der Waals surface area (Å²) in [6, 6.07) is 7.99. The molecule has 0 saturated heterocycles. The van der Waals surface area contributed by atoms with Crippen molar-refractivity contribution in [3.8, 4) is 11.4 Å². The largest absolute Gasteiger partial charge is 0.254 e. The minimum Gasteiger partial charge on any atom is -0.254 e. The van der Waals surface area contributed by atoms with Crippen molar-refractivity contribution >= 4 is 6.08 Å². The van der Waals surface area contributed by atoms with Gasteiger partial charge in [0, 0.05) is 17.5 Å². The molecule has 0 saturated carbocycles. The van der Waals surface area contributed by atoms with Crippen molar-refractivity contribution in [2.75, 3.05) is 0 Å². The van der Waals surface area contributed by atoms with E-state index in [0.29, 0.717) is 0 Å². The van der Waals surface area contributed by atoms with Crippen molar-refractivity contribution < 1.29 is 0 Å². The molecule has 0 aromatic carbocycles. The SMILES string of the molecule is C=Cc1cccnc1-c1nc(C)ccc1C. The fourth-order valence-corrected chi connectivity index (χ4v) is 1.65. The molecule has 0 fully saturated rings. The first kappa shape index (κ1) is 10.6. The summed E-state index contributed by atoms with van der Waals surface area (Å²) < 4.78 is 0. The Bertz CT molecular complexity index is 530. The zero-order valence-electron chi connectivity index (χ0n) is 9.57. The van der Waals surface area contributed by atoms with Gasteiger partial charge in [0.25, 0.3) is 0 Å². The van der Waals surface area contributed by atoms with Crippen LogP contribution in [0.15, 0.2) is 37.0 Å². The third kappa shape index (κ3) is 1.87. The van der Waals surface area contributed by atoms with Gasteiger partial charge in [0.05, 0.1) is 11.4 Å². The number of hydrogen-bond acceptors (Lipinski definition) is 2. The molecular formula is C14H14N2. The average molecular weight is 210 g/mol. The molecule has 0 unspecified atom stereocenters. The molecule has 2 nitrogen and oxygen atoms in total. The molecule has 0 aliphatic rings. The lowest BCUT2D eigenvalue weighted by molar-refractivity contribution is 1.15. The maximum Gasteiger partial charge on any atom is 0.0960 e. The van der Waals surface area contributed by atoms with Crippen molar-refractivity contribution in [1.82, 2.24) is 9.97 Å². The van der Waals surface area contributed by atoms with Crippen molar-refractivity contribution in [2.45, 2.75) is 13.8 Å². The second-order valence-corrected chi connectivity index (χ2v) is 3.76. The minimum atomic E-state index is 0.902. The second kappa shape index (κ2) is 4.27. The molecule has 80 valence electrons. The van der Waals surface area contributed by atoms with Gasteiger partial charge in [-0.05, 0) is 31.5 Å². The predicted octanol–water partition coefficient (Wildman–Crippen LogP) is 3.40. The quantitative estimate of drug-likeness (QED) is 0.759. The van der Waals surface area contributed by atoms with E-state index in [1.54, 1.807) is 6.20 Å². The molecule has 16 heavy (non-hydrogen) atoms. The van der Waals surface area contributed by atoms with Crippen LogP contribution in [0.4, 0.5) is 0 Å². The topological polar surface area (TPSA) is 25.8 Å². The molecule has 0 N–H and O–H groups in total. The first-order valence-corrected chi connectivity index (χ1v) is 5.24. The Morgan fingerprint density at radius 2 is 1.94 bits per heavy atom. The molecule has 2 heteroatoms. The lowest BCUT2D eigenvalue weighted by atomic mass is 10.1. The van der Waals surface area contributed by atoms with Crippen LogP contribution in [0.3, 0.4) is 0 Å². The standard InChI is InChI=1S/C14H14N2/c1-4-12-6-5-9-15-14(12)13-10(2)7-8-11(3)16-13/h4-9H,1H2,2-3H3. The van der Waals surface area contributed by atoms with Gasteiger partial charge in [0.1, 0.15) is 0 Å². The molecule has 0 spiro atoms. The number of aryl methyl sites for hydroxylation is 2. The van der Waals surface area contributed by atoms with E-state index in [-0.39, 0.29) is 0 Å². The van der Waals surface area contributed by atoms with E-state index in [9.17, 15) is 0 Å². The molecule has 2 aromatic heterocycles. The van der Waals surface area contributed by atoms with Gasteiger partial charge < -0.3 is 0 Å². The Kier molecular flexibility index (Phi) is 2.82. The summed E-state index contributed by atoms with van der Waals surface area (Å²) in [5.74, 6) is 0. The van der Waals surface area contributed by atoms with E-state index >= 15 is 0 Å². The highest BCUT2D eigenvalue weighted by Crippen LogP contribution is 2.23. The molecule has 0 radical (unpaired) electrons. The molecule has 0 aliphatic carbocycles. The molecule has 2 heterocycles. The first-order valence-electron chi connectivity index (χ1n) is 5.24. The normalized spacial score (nSPS) is 10.1. The summed E-state index contributed by atoms with van der Waals surface area (Å²) in [6.45, 7) is 7.83. The Morgan fingerprint density at radius 3 is 2.69 bits per heavy atom. The van der Waals surface area contributed by atoms with Crippen LogP contribution in [0, 0.1) is 13.8 Å². The van der Waals surface area contributed by atoms with E-state index < -0.39 is 0 Å². The van der Waals surface area contributed by atoms with Crippen LogP contribution in [-0.2, 0) is 0 Å². The van der Waals surface area contributed by atoms with Crippen molar-refractivity contribution in [3.63, 3.8) is 0 Å². The second-order valence-electron chi connectivity index (χ2n) is 3.76. The van der Waals surface area contributed by atoms with Crippen molar-refractivity contribution in [2.24, 2.45) is 0 Å². The predicted molar refractivity (Wildman–Crippen MR) is 67.0 cm³/mol. The maximum absolute atomic E-state index is 4.54. The number of aromatic nitrogens is 2. The third-order valence-corrected chi connectivity index (χ3v) is 2.52. The zero-order chi connectivity index (χ0) is 11.5. The summed E-state index contributed by atoms with van der Waals surface area (Å²) in [7, 11) is 0. The molecule has 0 amide bonds. The van der Waals surface area contributed by atoms with Gasteiger partial charge in [-0.25, -0.2) is 0 Å². The smallest absolute Gasteiger partial charge is 0.0960 e. The summed E-state index contributed by atoms with van der Waals surface area (Å²) >= 11 is 0. The van der Waals surface area contributed by atoms with Gasteiger partial charge in [-0.2, -0.15) is 0 Å². The molecule has 0 aliphatic heterocycles. The molecular weight excluding hydrogens is 196 g/mol. The van der Waals surface area contributed by atoms with E-state index in [1.165, 1.54) is 0 Å². The van der Waals surface area contributed by atoms with Crippen LogP contribution in [0.2, 0.25) is 0 Å². The van der Waals surface area contributed by atoms with Gasteiger partial charge in [0.2, 0.25) is 0 Å². The number of rotatable bonds is 2. The number of pyridine rings is 2. The Balaban J connectivity index is 2.66. The fourth-order valence-electron chi connectivity index (χ4n) is 1.65. The van der Waals surface area contributed by atoms with Crippen molar-refractivity contribution in [3.05, 3.63) is 53.9 Å². The summed E-state index contributed by atoms with van der Waals surface area (Å²) in [5.41, 5.74) is 4.99. The summed E-state index contributed by atoms with van der Waals surface area (Å²) in [5, 5.41) is 0.